The number of aromatic nitrogens is 4. The third kappa shape index (κ3) is 2.51. The number of nitrogens with zero attached hydrogens (tertiary/aromatic N) is 4. The Bertz CT molecular complexity index is 873. The fourth-order valence-electron chi connectivity index (χ4n) is 2.43. The first-order valence-corrected chi connectivity index (χ1v) is 8.31. The van der Waals surface area contributed by atoms with E-state index in [1.54, 1.807) is 20.9 Å². The molecule has 3 aromatic heterocycles. The molecule has 0 unspecified atom stereocenters. The monoisotopic (exact) mass is 319 g/mol. The van der Waals surface area contributed by atoms with E-state index in [2.05, 4.69) is 14.8 Å². The molecule has 3 aromatic rings. The van der Waals surface area contributed by atoms with Gasteiger partial charge >= 0.3 is 0 Å². The van der Waals surface area contributed by atoms with Gasteiger partial charge in [-0.25, -0.2) is 18.1 Å². The highest BCUT2D eigenvalue weighted by Gasteiger charge is 2.25. The highest BCUT2D eigenvalue weighted by molar-refractivity contribution is 7.89. The Labute approximate surface area is 128 Å². The van der Waals surface area contributed by atoms with Gasteiger partial charge in [0.25, 0.3) is 10.0 Å². The number of hydrogen-bond donors (Lipinski definition) is 1. The summed E-state index contributed by atoms with van der Waals surface area (Å²) in [6, 6.07) is 5.21. The van der Waals surface area contributed by atoms with Crippen molar-refractivity contribution in [2.24, 2.45) is 7.05 Å². The lowest BCUT2D eigenvalue weighted by atomic mass is 10.3. The van der Waals surface area contributed by atoms with Crippen molar-refractivity contribution in [2.75, 3.05) is 0 Å². The number of pyridine rings is 1. The quantitative estimate of drug-likeness (QED) is 0.788. The zero-order valence-electron chi connectivity index (χ0n) is 12.6. The van der Waals surface area contributed by atoms with Gasteiger partial charge in [-0.15, -0.1) is 0 Å². The van der Waals surface area contributed by atoms with Crippen molar-refractivity contribution in [3.8, 4) is 0 Å². The molecule has 3 rings (SSSR count). The molecule has 0 amide bonds. The molecule has 0 spiro atoms. The van der Waals surface area contributed by atoms with Crippen LogP contribution < -0.4 is 4.72 Å². The molecule has 3 heterocycles. The minimum Gasteiger partial charge on any atom is -0.307 e. The van der Waals surface area contributed by atoms with Crippen molar-refractivity contribution < 1.29 is 8.42 Å². The summed E-state index contributed by atoms with van der Waals surface area (Å²) in [5.41, 5.74) is 2.05. The summed E-state index contributed by atoms with van der Waals surface area (Å²) in [5, 5.41) is 4.14. The van der Waals surface area contributed by atoms with E-state index in [0.29, 0.717) is 11.3 Å². The largest absolute Gasteiger partial charge is 0.307 e. The Morgan fingerprint density at radius 2 is 2.09 bits per heavy atom. The number of hydrogen-bond acceptors (Lipinski definition) is 4. The maximum Gasteiger partial charge on any atom is 0.258 e. The van der Waals surface area contributed by atoms with E-state index >= 15 is 0 Å². The predicted octanol–water partition coefficient (Wildman–Crippen LogP) is 1.42. The molecule has 0 bridgehead atoms. The predicted molar refractivity (Wildman–Crippen MR) is 81.9 cm³/mol. The molecule has 0 saturated carbocycles. The molecule has 0 aliphatic heterocycles. The van der Waals surface area contributed by atoms with Crippen LogP contribution in [0.2, 0.25) is 0 Å². The average molecular weight is 319 g/mol. The van der Waals surface area contributed by atoms with Crippen LogP contribution >= 0.6 is 0 Å². The number of fused-ring (bicyclic) bond motifs is 1. The molecule has 0 aliphatic carbocycles. The van der Waals surface area contributed by atoms with Crippen molar-refractivity contribution in [1.82, 2.24) is 23.9 Å². The topological polar surface area (TPSA) is 81.3 Å². The molecule has 1 atom stereocenters. The van der Waals surface area contributed by atoms with Gasteiger partial charge in [0.2, 0.25) is 0 Å². The number of nitrogens with one attached hydrogen (secondary N) is 1. The van der Waals surface area contributed by atoms with Crippen LogP contribution in [0.25, 0.3) is 5.65 Å². The second-order valence-electron chi connectivity index (χ2n) is 5.23. The Hall–Kier alpha value is -2.19. The smallest absolute Gasteiger partial charge is 0.258 e. The van der Waals surface area contributed by atoms with E-state index in [1.807, 2.05) is 35.0 Å². The highest BCUT2D eigenvalue weighted by atomic mass is 32.2. The van der Waals surface area contributed by atoms with Crippen LogP contribution in [-0.4, -0.2) is 27.6 Å². The van der Waals surface area contributed by atoms with Crippen LogP contribution in [0.5, 0.6) is 0 Å². The second-order valence-corrected chi connectivity index (χ2v) is 6.86. The Morgan fingerprint density at radius 1 is 1.32 bits per heavy atom. The maximum absolute atomic E-state index is 12.5. The van der Waals surface area contributed by atoms with Crippen molar-refractivity contribution in [3.63, 3.8) is 0 Å². The molecular weight excluding hydrogens is 302 g/mol. The van der Waals surface area contributed by atoms with E-state index in [9.17, 15) is 8.42 Å². The molecule has 1 N–H and O–H groups in total. The zero-order chi connectivity index (χ0) is 15.9. The fraction of sp³-hybridized carbons (Fsp3) is 0.286. The first-order valence-electron chi connectivity index (χ1n) is 6.83. The van der Waals surface area contributed by atoms with Crippen LogP contribution in [0.3, 0.4) is 0 Å². The normalized spacial score (nSPS) is 13.6. The van der Waals surface area contributed by atoms with Crippen LogP contribution in [0.1, 0.15) is 24.2 Å². The second kappa shape index (κ2) is 5.22. The molecule has 0 fully saturated rings. The molecule has 22 heavy (non-hydrogen) atoms. The van der Waals surface area contributed by atoms with Gasteiger partial charge in [-0.05, 0) is 26.0 Å². The van der Waals surface area contributed by atoms with Gasteiger partial charge < -0.3 is 4.40 Å². The lowest BCUT2D eigenvalue weighted by Crippen LogP contribution is -2.29. The Morgan fingerprint density at radius 3 is 2.73 bits per heavy atom. The number of rotatable bonds is 4. The van der Waals surface area contributed by atoms with E-state index in [0.717, 1.165) is 5.65 Å². The van der Waals surface area contributed by atoms with Gasteiger partial charge in [0.1, 0.15) is 5.65 Å². The molecule has 116 valence electrons. The summed E-state index contributed by atoms with van der Waals surface area (Å²) in [4.78, 5) is 4.44. The summed E-state index contributed by atoms with van der Waals surface area (Å²) in [5.74, 6) is 0. The van der Waals surface area contributed by atoms with E-state index in [1.165, 1.54) is 10.9 Å². The van der Waals surface area contributed by atoms with E-state index in [-0.39, 0.29) is 5.03 Å². The molecular formula is C14H17N5O2S. The standard InChI is InChI=1S/C14H17N5O2S/c1-10-8-15-18(3)14(10)22(20,21)17-11(2)12-9-19-7-5-4-6-13(19)16-12/h4-9,11,17H,1-3H3/t11-/m1/s1. The van der Waals surface area contributed by atoms with Crippen LogP contribution in [0.4, 0.5) is 0 Å². The van der Waals surface area contributed by atoms with Crippen LogP contribution in [-0.2, 0) is 17.1 Å². The Kier molecular flexibility index (Phi) is 3.50. The summed E-state index contributed by atoms with van der Waals surface area (Å²) in [6.45, 7) is 3.49. The molecule has 8 heteroatoms. The first-order chi connectivity index (χ1) is 10.4. The third-order valence-corrected chi connectivity index (χ3v) is 5.23. The summed E-state index contributed by atoms with van der Waals surface area (Å²) in [6.07, 6.45) is 5.22. The lowest BCUT2D eigenvalue weighted by molar-refractivity contribution is 0.547. The first kappa shape index (κ1) is 14.7. The van der Waals surface area contributed by atoms with Gasteiger partial charge in [0.15, 0.2) is 5.03 Å². The fourth-order valence-corrected chi connectivity index (χ4v) is 4.00. The Balaban J connectivity index is 1.91. The van der Waals surface area contributed by atoms with E-state index in [4.69, 9.17) is 0 Å². The lowest BCUT2D eigenvalue weighted by Gasteiger charge is -2.12. The van der Waals surface area contributed by atoms with Crippen LogP contribution in [0, 0.1) is 6.92 Å². The summed E-state index contributed by atoms with van der Waals surface area (Å²) >= 11 is 0. The molecule has 0 radical (unpaired) electrons. The SMILES string of the molecule is Cc1cnn(C)c1S(=O)(=O)N[C@H](C)c1cn2ccccc2n1. The molecule has 0 aliphatic rings. The number of aryl methyl sites for hydroxylation is 2. The third-order valence-electron chi connectivity index (χ3n) is 3.47. The van der Waals surface area contributed by atoms with Crippen molar-refractivity contribution in [3.05, 3.63) is 48.0 Å². The van der Waals surface area contributed by atoms with Gasteiger partial charge in [0, 0.05) is 25.0 Å². The molecule has 0 aromatic carbocycles. The van der Waals surface area contributed by atoms with Gasteiger partial charge in [-0.2, -0.15) is 5.10 Å². The van der Waals surface area contributed by atoms with Crippen LogP contribution in [0.15, 0.2) is 41.8 Å². The summed E-state index contributed by atoms with van der Waals surface area (Å²) in [7, 11) is -2.05. The van der Waals surface area contributed by atoms with Crippen molar-refractivity contribution >= 4 is 15.7 Å². The van der Waals surface area contributed by atoms with Crippen molar-refractivity contribution in [2.45, 2.75) is 24.9 Å². The summed E-state index contributed by atoms with van der Waals surface area (Å²) < 4.78 is 30.9. The zero-order valence-corrected chi connectivity index (χ0v) is 13.4. The maximum atomic E-state index is 12.5. The van der Waals surface area contributed by atoms with Gasteiger partial charge in [-0.3, -0.25) is 4.68 Å². The molecule has 7 nitrogen and oxygen atoms in total. The minimum absolute atomic E-state index is 0.170. The van der Waals surface area contributed by atoms with Gasteiger partial charge in [-0.1, -0.05) is 6.07 Å². The van der Waals surface area contributed by atoms with Crippen molar-refractivity contribution in [1.29, 1.82) is 0 Å². The number of imidazole rings is 1. The molecule has 0 saturated heterocycles. The number of sulfonamides is 1. The van der Waals surface area contributed by atoms with Gasteiger partial charge in [0.05, 0.1) is 17.9 Å². The van der Waals surface area contributed by atoms with E-state index < -0.39 is 16.1 Å². The average Bonchev–Trinajstić information content (AvgIpc) is 3.02. The minimum atomic E-state index is -3.66. The highest BCUT2D eigenvalue weighted by Crippen LogP contribution is 2.18.